The van der Waals surface area contributed by atoms with E-state index in [-0.39, 0.29) is 12.1 Å². The molecule has 2 aromatic heterocycles. The number of nitrogens with zero attached hydrogens (tertiary/aromatic N) is 1. The molecule has 4 heterocycles. The number of H-pyrrole nitrogens is 2. The lowest BCUT2D eigenvalue weighted by Gasteiger charge is -2.37. The molecular formula is C25H24F2N4O. The minimum absolute atomic E-state index is 0.0384. The minimum Gasteiger partial charge on any atom is -0.381 e. The predicted octanol–water partition coefficient (Wildman–Crippen LogP) is 5.19. The van der Waals surface area contributed by atoms with E-state index in [4.69, 9.17) is 9.72 Å². The molecule has 32 heavy (non-hydrogen) atoms. The van der Waals surface area contributed by atoms with Crippen LogP contribution in [0.5, 0.6) is 0 Å². The highest BCUT2D eigenvalue weighted by Crippen LogP contribution is 2.42. The van der Waals surface area contributed by atoms with Crippen molar-refractivity contribution in [1.82, 2.24) is 20.3 Å². The molecule has 3 N–H and O–H groups in total. The zero-order valence-electron chi connectivity index (χ0n) is 17.5. The fourth-order valence-electron chi connectivity index (χ4n) is 5.18. The third kappa shape index (κ3) is 3.32. The number of benzene rings is 2. The topological polar surface area (TPSA) is 65.7 Å². The van der Waals surface area contributed by atoms with Gasteiger partial charge in [0.05, 0.1) is 17.8 Å². The van der Waals surface area contributed by atoms with Gasteiger partial charge in [-0.1, -0.05) is 30.3 Å². The number of aromatic amines is 2. The van der Waals surface area contributed by atoms with Gasteiger partial charge in [0.25, 0.3) is 0 Å². The first-order valence-electron chi connectivity index (χ1n) is 11.1. The summed E-state index contributed by atoms with van der Waals surface area (Å²) >= 11 is 0. The van der Waals surface area contributed by atoms with E-state index in [1.807, 2.05) is 36.5 Å². The number of rotatable bonds is 3. The molecule has 1 saturated heterocycles. The zero-order chi connectivity index (χ0) is 21.7. The van der Waals surface area contributed by atoms with E-state index in [1.165, 1.54) is 12.1 Å². The summed E-state index contributed by atoms with van der Waals surface area (Å²) in [6.45, 7) is 1.45. The average molecular weight is 434 g/mol. The van der Waals surface area contributed by atoms with Crippen LogP contribution in [0.4, 0.5) is 8.78 Å². The van der Waals surface area contributed by atoms with Gasteiger partial charge in [-0.2, -0.15) is 0 Å². The van der Waals surface area contributed by atoms with Gasteiger partial charge in [-0.15, -0.1) is 0 Å². The zero-order valence-corrected chi connectivity index (χ0v) is 17.5. The highest BCUT2D eigenvalue weighted by molar-refractivity contribution is 5.85. The van der Waals surface area contributed by atoms with Gasteiger partial charge in [0.2, 0.25) is 0 Å². The Morgan fingerprint density at radius 3 is 2.59 bits per heavy atom. The number of fused-ring (bicyclic) bond motifs is 3. The number of hydrogen-bond donors (Lipinski definition) is 3. The number of hydrogen-bond acceptors (Lipinski definition) is 3. The maximum Gasteiger partial charge on any atom is 0.160 e. The first-order valence-corrected chi connectivity index (χ1v) is 11.1. The Bertz CT molecular complexity index is 1260. The van der Waals surface area contributed by atoms with Crippen molar-refractivity contribution < 1.29 is 13.5 Å². The molecule has 6 rings (SSSR count). The maximum absolute atomic E-state index is 14.1. The number of halogens is 2. The summed E-state index contributed by atoms with van der Waals surface area (Å²) in [5, 5.41) is 4.53. The molecule has 0 radical (unpaired) electrons. The highest BCUT2D eigenvalue weighted by atomic mass is 19.2. The van der Waals surface area contributed by atoms with Crippen LogP contribution in [0.2, 0.25) is 0 Å². The summed E-state index contributed by atoms with van der Waals surface area (Å²) in [6.07, 6.45) is 4.45. The van der Waals surface area contributed by atoms with Gasteiger partial charge in [0.15, 0.2) is 11.6 Å². The van der Waals surface area contributed by atoms with E-state index in [0.717, 1.165) is 59.8 Å². The Labute approximate surface area is 184 Å². The Morgan fingerprint density at radius 2 is 1.78 bits per heavy atom. The molecule has 1 fully saturated rings. The molecular weight excluding hydrogens is 410 g/mol. The monoisotopic (exact) mass is 434 g/mol. The molecule has 0 amide bonds. The Morgan fingerprint density at radius 1 is 1.00 bits per heavy atom. The predicted molar refractivity (Wildman–Crippen MR) is 118 cm³/mol. The molecule has 2 aliphatic heterocycles. The fraction of sp³-hybridized carbons (Fsp3) is 0.320. The molecule has 164 valence electrons. The van der Waals surface area contributed by atoms with Gasteiger partial charge >= 0.3 is 0 Å². The molecule has 4 aromatic rings. The smallest absolute Gasteiger partial charge is 0.160 e. The van der Waals surface area contributed by atoms with E-state index in [9.17, 15) is 8.78 Å². The second-order valence-electron chi connectivity index (χ2n) is 8.72. The first-order chi connectivity index (χ1) is 15.7. The molecule has 0 spiro atoms. The standard InChI is InChI=1S/C25H24F2N4O/c26-18-10-16-17-11-21(25-28-13-22(31-25)14-4-2-1-3-5-14)30-23(15-6-8-32-9-7-15)24(17)29-20(16)12-19(18)27/h1-5,10,12-13,15,21,23,29-30H,6-9,11H2,(H,28,31)/t21-,23?/m1/s1. The summed E-state index contributed by atoms with van der Waals surface area (Å²) < 4.78 is 33.6. The number of ether oxygens (including phenoxy) is 1. The van der Waals surface area contributed by atoms with E-state index >= 15 is 0 Å². The summed E-state index contributed by atoms with van der Waals surface area (Å²) in [4.78, 5) is 11.6. The third-order valence-electron chi connectivity index (χ3n) is 6.81. The van der Waals surface area contributed by atoms with Crippen molar-refractivity contribution in [3.63, 3.8) is 0 Å². The third-order valence-corrected chi connectivity index (χ3v) is 6.81. The fourth-order valence-corrected chi connectivity index (χ4v) is 5.18. The number of imidazole rings is 1. The van der Waals surface area contributed by atoms with Crippen LogP contribution in [0.25, 0.3) is 22.2 Å². The van der Waals surface area contributed by atoms with Crippen LogP contribution in [-0.2, 0) is 11.2 Å². The summed E-state index contributed by atoms with van der Waals surface area (Å²) in [5.41, 5.74) is 4.65. The van der Waals surface area contributed by atoms with Crippen molar-refractivity contribution in [3.05, 3.63) is 77.4 Å². The van der Waals surface area contributed by atoms with E-state index < -0.39 is 11.6 Å². The summed E-state index contributed by atoms with van der Waals surface area (Å²) in [5.74, 6) is -0.428. The normalized spacial score (nSPS) is 21.7. The maximum atomic E-state index is 14.1. The molecule has 2 atom stereocenters. The van der Waals surface area contributed by atoms with Crippen molar-refractivity contribution in [2.24, 2.45) is 5.92 Å². The second kappa shape index (κ2) is 7.83. The van der Waals surface area contributed by atoms with Gasteiger partial charge in [-0.25, -0.2) is 13.8 Å². The van der Waals surface area contributed by atoms with E-state index in [2.05, 4.69) is 15.3 Å². The van der Waals surface area contributed by atoms with Gasteiger partial charge in [0.1, 0.15) is 5.82 Å². The molecule has 2 aromatic carbocycles. The van der Waals surface area contributed by atoms with Crippen LogP contribution >= 0.6 is 0 Å². The van der Waals surface area contributed by atoms with E-state index in [0.29, 0.717) is 17.9 Å². The summed E-state index contributed by atoms with van der Waals surface area (Å²) in [7, 11) is 0. The van der Waals surface area contributed by atoms with Crippen LogP contribution in [0.3, 0.4) is 0 Å². The quantitative estimate of drug-likeness (QED) is 0.416. The SMILES string of the molecule is Fc1cc2[nH]c3c(c2cc1F)C[C@H](c1nc(-c2ccccc2)c[nH]1)NC3C1CCOCC1. The molecule has 0 aliphatic carbocycles. The summed E-state index contributed by atoms with van der Waals surface area (Å²) in [6, 6.07) is 12.6. The number of nitrogens with one attached hydrogen (secondary N) is 3. The van der Waals surface area contributed by atoms with Gasteiger partial charge in [-0.05, 0) is 36.8 Å². The van der Waals surface area contributed by atoms with Crippen LogP contribution in [0.15, 0.2) is 48.7 Å². The molecule has 5 nitrogen and oxygen atoms in total. The highest BCUT2D eigenvalue weighted by Gasteiger charge is 2.37. The van der Waals surface area contributed by atoms with Crippen molar-refractivity contribution in [2.45, 2.75) is 31.3 Å². The van der Waals surface area contributed by atoms with Crippen molar-refractivity contribution in [2.75, 3.05) is 13.2 Å². The second-order valence-corrected chi connectivity index (χ2v) is 8.72. The van der Waals surface area contributed by atoms with Crippen LogP contribution in [-0.4, -0.2) is 28.2 Å². The lowest BCUT2D eigenvalue weighted by Crippen LogP contribution is -2.39. The number of aromatic nitrogens is 3. The van der Waals surface area contributed by atoms with Crippen LogP contribution < -0.4 is 5.32 Å². The Kier molecular flexibility index (Phi) is 4.81. The lowest BCUT2D eigenvalue weighted by molar-refractivity contribution is 0.0497. The molecule has 2 aliphatic rings. The van der Waals surface area contributed by atoms with E-state index in [1.54, 1.807) is 0 Å². The van der Waals surface area contributed by atoms with Crippen LogP contribution in [0, 0.1) is 17.6 Å². The minimum atomic E-state index is -0.832. The van der Waals surface area contributed by atoms with Crippen molar-refractivity contribution in [3.8, 4) is 11.3 Å². The molecule has 7 heteroatoms. The molecule has 0 bridgehead atoms. The van der Waals surface area contributed by atoms with Crippen molar-refractivity contribution in [1.29, 1.82) is 0 Å². The van der Waals surface area contributed by atoms with Crippen molar-refractivity contribution >= 4 is 10.9 Å². The lowest BCUT2D eigenvalue weighted by atomic mass is 9.83. The van der Waals surface area contributed by atoms with Gasteiger partial charge in [0, 0.05) is 47.6 Å². The Balaban J connectivity index is 1.42. The van der Waals surface area contributed by atoms with Gasteiger partial charge < -0.3 is 14.7 Å². The molecule has 0 saturated carbocycles. The first kappa shape index (κ1) is 19.6. The van der Waals surface area contributed by atoms with Gasteiger partial charge in [-0.3, -0.25) is 5.32 Å². The van der Waals surface area contributed by atoms with Crippen LogP contribution in [0.1, 0.15) is 42.0 Å². The molecule has 1 unspecified atom stereocenters. The largest absolute Gasteiger partial charge is 0.381 e. The average Bonchev–Trinajstić information content (AvgIpc) is 3.45. The Hall–Kier alpha value is -3.03.